The summed E-state index contributed by atoms with van der Waals surface area (Å²) < 4.78 is 64.9. The van der Waals surface area contributed by atoms with Gasteiger partial charge in [-0.1, -0.05) is 18.2 Å². The van der Waals surface area contributed by atoms with Crippen LogP contribution in [0.1, 0.15) is 5.56 Å². The number of halogens is 3. The third-order valence-corrected chi connectivity index (χ3v) is 5.09. The van der Waals surface area contributed by atoms with Gasteiger partial charge in [-0.05, 0) is 30.3 Å². The summed E-state index contributed by atoms with van der Waals surface area (Å²) in [6.45, 7) is 0. The Balaban J connectivity index is 1.82. The van der Waals surface area contributed by atoms with E-state index in [9.17, 15) is 21.6 Å². The molecule has 2 aromatic carbocycles. The summed E-state index contributed by atoms with van der Waals surface area (Å²) in [4.78, 5) is 11.7. The van der Waals surface area contributed by atoms with Crippen molar-refractivity contribution in [2.24, 2.45) is 5.14 Å². The van der Waals surface area contributed by atoms with Crippen molar-refractivity contribution in [3.8, 4) is 5.82 Å². The van der Waals surface area contributed by atoms with Crippen LogP contribution < -0.4 is 10.5 Å². The molecule has 0 atom stereocenters. The molecule has 0 bridgehead atoms. The van der Waals surface area contributed by atoms with Gasteiger partial charge in [0, 0.05) is 11.9 Å². The Morgan fingerprint density at radius 2 is 1.80 bits per heavy atom. The van der Waals surface area contributed by atoms with Crippen molar-refractivity contribution in [3.63, 3.8) is 0 Å². The number of fused-ring (bicyclic) bond motifs is 1. The molecule has 154 valence electrons. The molecule has 0 saturated heterocycles. The van der Waals surface area contributed by atoms with Crippen molar-refractivity contribution in [1.29, 1.82) is 0 Å². The van der Waals surface area contributed by atoms with Gasteiger partial charge in [0.05, 0.1) is 15.9 Å². The fourth-order valence-electron chi connectivity index (χ4n) is 2.82. The normalized spacial score (nSPS) is 12.3. The predicted molar refractivity (Wildman–Crippen MR) is 103 cm³/mol. The quantitative estimate of drug-likeness (QED) is 0.510. The molecule has 2 heterocycles. The number of aromatic nitrogens is 4. The van der Waals surface area contributed by atoms with Crippen LogP contribution >= 0.6 is 0 Å². The summed E-state index contributed by atoms with van der Waals surface area (Å²) in [5, 5.41) is 7.81. The largest absolute Gasteiger partial charge is 0.421 e. The summed E-state index contributed by atoms with van der Waals surface area (Å²) in [6.07, 6.45) is -2.80. The Labute approximate surface area is 168 Å². The number of nitrogens with zero attached hydrogens (tertiary/aromatic N) is 4. The molecular formula is C18H13F3N6O2S. The summed E-state index contributed by atoms with van der Waals surface area (Å²) in [5.74, 6) is -0.585. The zero-order valence-electron chi connectivity index (χ0n) is 15.0. The van der Waals surface area contributed by atoms with Crippen LogP contribution in [-0.2, 0) is 16.2 Å². The lowest BCUT2D eigenvalue weighted by atomic mass is 10.2. The van der Waals surface area contributed by atoms with E-state index in [-0.39, 0.29) is 16.5 Å². The highest BCUT2D eigenvalue weighted by atomic mass is 32.2. The predicted octanol–water partition coefficient (Wildman–Crippen LogP) is 3.23. The van der Waals surface area contributed by atoms with Gasteiger partial charge in [0.1, 0.15) is 11.9 Å². The summed E-state index contributed by atoms with van der Waals surface area (Å²) >= 11 is 0. The van der Waals surface area contributed by atoms with E-state index in [1.807, 2.05) is 0 Å². The maximum Gasteiger partial charge on any atom is 0.421 e. The molecule has 0 aliphatic heterocycles. The number of alkyl halides is 3. The Kier molecular flexibility index (Phi) is 4.67. The van der Waals surface area contributed by atoms with E-state index in [2.05, 4.69) is 20.3 Å². The van der Waals surface area contributed by atoms with E-state index in [0.717, 1.165) is 0 Å². The zero-order chi connectivity index (χ0) is 21.5. The standard InChI is InChI=1S/C18H13F3N6O2S/c19-18(20,21)13-9-23-17(25-11-4-3-5-12(8-11)30(22,28)29)26-16(13)27-10-24-14-6-1-2-7-15(14)27/h1-10H,(H2,22,28,29)(H,23,25,26). The highest BCUT2D eigenvalue weighted by Crippen LogP contribution is 2.34. The van der Waals surface area contributed by atoms with Crippen LogP contribution in [0, 0.1) is 0 Å². The first-order valence-corrected chi connectivity index (χ1v) is 9.94. The van der Waals surface area contributed by atoms with Gasteiger partial charge in [0.2, 0.25) is 16.0 Å². The topological polar surface area (TPSA) is 116 Å². The smallest absolute Gasteiger partial charge is 0.324 e. The summed E-state index contributed by atoms with van der Waals surface area (Å²) in [5.41, 5.74) is 0.126. The van der Waals surface area contributed by atoms with Crippen molar-refractivity contribution >= 4 is 32.7 Å². The molecule has 0 unspecified atom stereocenters. The van der Waals surface area contributed by atoms with Crippen molar-refractivity contribution < 1.29 is 21.6 Å². The summed E-state index contributed by atoms with van der Waals surface area (Å²) in [6, 6.07) is 12.1. The van der Waals surface area contributed by atoms with Crippen LogP contribution in [0.2, 0.25) is 0 Å². The Bertz CT molecular complexity index is 1350. The fraction of sp³-hybridized carbons (Fsp3) is 0.0556. The molecule has 30 heavy (non-hydrogen) atoms. The Morgan fingerprint density at radius 1 is 1.03 bits per heavy atom. The lowest BCUT2D eigenvalue weighted by Crippen LogP contribution is -2.15. The molecule has 0 saturated carbocycles. The zero-order valence-corrected chi connectivity index (χ0v) is 15.8. The monoisotopic (exact) mass is 434 g/mol. The lowest BCUT2D eigenvalue weighted by Gasteiger charge is -2.14. The summed E-state index contributed by atoms with van der Waals surface area (Å²) in [7, 11) is -3.95. The molecule has 0 radical (unpaired) electrons. The van der Waals surface area contributed by atoms with E-state index in [0.29, 0.717) is 17.2 Å². The SMILES string of the molecule is NS(=O)(=O)c1cccc(Nc2ncc(C(F)(F)F)c(-n3cnc4ccccc43)n2)c1. The second-order valence-electron chi connectivity index (χ2n) is 6.23. The molecule has 3 N–H and O–H groups in total. The number of hydrogen-bond acceptors (Lipinski definition) is 6. The van der Waals surface area contributed by atoms with Gasteiger partial charge in [-0.2, -0.15) is 18.2 Å². The molecule has 0 spiro atoms. The van der Waals surface area contributed by atoms with E-state index < -0.39 is 27.6 Å². The molecule has 0 fully saturated rings. The number of rotatable bonds is 4. The highest BCUT2D eigenvalue weighted by Gasteiger charge is 2.36. The van der Waals surface area contributed by atoms with Gasteiger partial charge in [0.25, 0.3) is 0 Å². The number of sulfonamides is 1. The first-order valence-electron chi connectivity index (χ1n) is 8.39. The minimum atomic E-state index is -4.70. The van der Waals surface area contributed by atoms with Crippen LogP contribution in [0.25, 0.3) is 16.9 Å². The number of primary sulfonamides is 1. The minimum absolute atomic E-state index is 0.164. The highest BCUT2D eigenvalue weighted by molar-refractivity contribution is 7.89. The van der Waals surface area contributed by atoms with Crippen molar-refractivity contribution in [1.82, 2.24) is 19.5 Å². The van der Waals surface area contributed by atoms with Crippen LogP contribution in [0.15, 0.2) is 66.0 Å². The van der Waals surface area contributed by atoms with E-state index in [1.54, 1.807) is 24.3 Å². The number of imidazole rings is 1. The maximum absolute atomic E-state index is 13.6. The second kappa shape index (κ2) is 7.07. The number of benzene rings is 2. The molecular weight excluding hydrogens is 421 g/mol. The van der Waals surface area contributed by atoms with Gasteiger partial charge in [-0.25, -0.2) is 23.5 Å². The number of anilines is 2. The minimum Gasteiger partial charge on any atom is -0.324 e. The molecule has 4 aromatic rings. The Morgan fingerprint density at radius 3 is 2.53 bits per heavy atom. The number of nitrogens with one attached hydrogen (secondary N) is 1. The van der Waals surface area contributed by atoms with Gasteiger partial charge in [-0.15, -0.1) is 0 Å². The van der Waals surface area contributed by atoms with Gasteiger partial charge >= 0.3 is 6.18 Å². The number of hydrogen-bond donors (Lipinski definition) is 2. The molecule has 0 aliphatic rings. The van der Waals surface area contributed by atoms with Crippen LogP contribution in [-0.4, -0.2) is 27.9 Å². The third kappa shape index (κ3) is 3.82. The van der Waals surface area contributed by atoms with Crippen molar-refractivity contribution in [3.05, 3.63) is 66.6 Å². The second-order valence-corrected chi connectivity index (χ2v) is 7.79. The Hall–Kier alpha value is -3.51. The number of nitrogens with two attached hydrogens (primary N) is 1. The number of para-hydroxylation sites is 2. The van der Waals surface area contributed by atoms with Gasteiger partial charge in [-0.3, -0.25) is 4.57 Å². The molecule has 8 nitrogen and oxygen atoms in total. The van der Waals surface area contributed by atoms with Crippen LogP contribution in [0.5, 0.6) is 0 Å². The third-order valence-electron chi connectivity index (χ3n) is 4.17. The maximum atomic E-state index is 13.6. The average molecular weight is 434 g/mol. The molecule has 4 rings (SSSR count). The van der Waals surface area contributed by atoms with Crippen LogP contribution in [0.4, 0.5) is 24.8 Å². The average Bonchev–Trinajstić information content (AvgIpc) is 3.11. The van der Waals surface area contributed by atoms with E-state index in [4.69, 9.17) is 5.14 Å². The molecule has 2 aromatic heterocycles. The van der Waals surface area contributed by atoms with Gasteiger partial charge in [0.15, 0.2) is 5.82 Å². The van der Waals surface area contributed by atoms with E-state index in [1.165, 1.54) is 35.2 Å². The molecule has 0 aliphatic carbocycles. The molecule has 12 heteroatoms. The first-order chi connectivity index (χ1) is 14.1. The fourth-order valence-corrected chi connectivity index (χ4v) is 3.38. The van der Waals surface area contributed by atoms with E-state index >= 15 is 0 Å². The lowest BCUT2D eigenvalue weighted by molar-refractivity contribution is -0.137. The first kappa shape index (κ1) is 19.8. The van der Waals surface area contributed by atoms with Gasteiger partial charge < -0.3 is 5.32 Å². The van der Waals surface area contributed by atoms with Crippen molar-refractivity contribution in [2.75, 3.05) is 5.32 Å². The van der Waals surface area contributed by atoms with Crippen molar-refractivity contribution in [2.45, 2.75) is 11.1 Å². The van der Waals surface area contributed by atoms with Crippen LogP contribution in [0.3, 0.4) is 0 Å². The molecule has 0 amide bonds.